The van der Waals surface area contributed by atoms with Gasteiger partial charge in [0.15, 0.2) is 0 Å². The summed E-state index contributed by atoms with van der Waals surface area (Å²) in [5, 5.41) is 2.87. The van der Waals surface area contributed by atoms with Gasteiger partial charge in [-0.05, 0) is 42.5 Å². The van der Waals surface area contributed by atoms with Gasteiger partial charge in [0.05, 0.1) is 6.42 Å². The lowest BCUT2D eigenvalue weighted by atomic mass is 9.93. The second-order valence-corrected chi connectivity index (χ2v) is 9.67. The van der Waals surface area contributed by atoms with Crippen molar-refractivity contribution in [2.45, 2.75) is 70.6 Å². The van der Waals surface area contributed by atoms with Crippen LogP contribution in [0.5, 0.6) is 5.75 Å². The van der Waals surface area contributed by atoms with Crippen LogP contribution in [-0.4, -0.2) is 41.8 Å². The summed E-state index contributed by atoms with van der Waals surface area (Å²) in [5.41, 5.74) is 7.31. The Hall–Kier alpha value is -3.35. The molecule has 0 bridgehead atoms. The zero-order chi connectivity index (χ0) is 25.9. The van der Waals surface area contributed by atoms with E-state index in [1.165, 1.54) is 12.8 Å². The van der Waals surface area contributed by atoms with E-state index in [2.05, 4.69) is 5.32 Å². The summed E-state index contributed by atoms with van der Waals surface area (Å²) in [6, 6.07) is 17.0. The first-order valence-electron chi connectivity index (χ1n) is 12.8. The molecular formula is C29H38N3O4. The van der Waals surface area contributed by atoms with Gasteiger partial charge in [0.1, 0.15) is 18.4 Å². The number of nitrogens with zero attached hydrogens (tertiary/aromatic N) is 1. The molecular weight excluding hydrogens is 454 g/mol. The highest BCUT2D eigenvalue weighted by Gasteiger charge is 2.29. The number of nitrogens with two attached hydrogens (primary N) is 1. The maximum absolute atomic E-state index is 13.5. The highest BCUT2D eigenvalue weighted by molar-refractivity contribution is 5.92. The summed E-state index contributed by atoms with van der Waals surface area (Å²) in [5.74, 6) is -0.642. The molecule has 1 aliphatic carbocycles. The first-order valence-corrected chi connectivity index (χ1v) is 12.8. The molecule has 3 N–H and O–H groups in total. The predicted octanol–water partition coefficient (Wildman–Crippen LogP) is 3.80. The highest BCUT2D eigenvalue weighted by Crippen LogP contribution is 2.23. The van der Waals surface area contributed by atoms with Crippen LogP contribution in [0.4, 0.5) is 0 Å². The summed E-state index contributed by atoms with van der Waals surface area (Å²) in [6.45, 7) is 2.15. The van der Waals surface area contributed by atoms with Gasteiger partial charge in [-0.25, -0.2) is 0 Å². The molecule has 1 saturated carbocycles. The van der Waals surface area contributed by atoms with Crippen LogP contribution < -0.4 is 15.8 Å². The van der Waals surface area contributed by atoms with Crippen molar-refractivity contribution < 1.29 is 19.1 Å². The molecule has 0 saturated heterocycles. The van der Waals surface area contributed by atoms with Crippen molar-refractivity contribution in [2.75, 3.05) is 7.05 Å². The average Bonchev–Trinajstić information content (AvgIpc) is 2.91. The van der Waals surface area contributed by atoms with Crippen LogP contribution in [0.3, 0.4) is 0 Å². The van der Waals surface area contributed by atoms with Crippen molar-refractivity contribution in [2.24, 2.45) is 11.7 Å². The number of nitrogens with one attached hydrogen (secondary N) is 1. The molecule has 0 aromatic heterocycles. The minimum Gasteiger partial charge on any atom is -0.489 e. The van der Waals surface area contributed by atoms with Gasteiger partial charge in [0.25, 0.3) is 0 Å². The number of ether oxygens (including phenoxy) is 1. The van der Waals surface area contributed by atoms with E-state index in [4.69, 9.17) is 10.5 Å². The number of carbonyl (C=O) groups excluding carboxylic acids is 3. The van der Waals surface area contributed by atoms with Gasteiger partial charge in [0, 0.05) is 25.4 Å². The van der Waals surface area contributed by atoms with Gasteiger partial charge in [-0.1, -0.05) is 68.7 Å². The smallest absolute Gasteiger partial charge is 0.245 e. The van der Waals surface area contributed by atoms with E-state index in [1.807, 2.05) is 61.6 Å². The molecule has 36 heavy (non-hydrogen) atoms. The van der Waals surface area contributed by atoms with Crippen LogP contribution in [0.15, 0.2) is 54.6 Å². The Morgan fingerprint density at radius 3 is 2.33 bits per heavy atom. The molecule has 193 valence electrons. The van der Waals surface area contributed by atoms with Gasteiger partial charge < -0.3 is 20.7 Å². The molecule has 2 atom stereocenters. The van der Waals surface area contributed by atoms with Crippen molar-refractivity contribution in [1.29, 1.82) is 0 Å². The Morgan fingerprint density at radius 1 is 1.03 bits per heavy atom. The lowest BCUT2D eigenvalue weighted by molar-refractivity contribution is -0.137. The fourth-order valence-corrected chi connectivity index (χ4v) is 4.42. The molecule has 0 aliphatic heterocycles. The molecule has 2 aromatic rings. The quantitative estimate of drug-likeness (QED) is 0.471. The van der Waals surface area contributed by atoms with Crippen LogP contribution in [-0.2, 0) is 27.4 Å². The van der Waals surface area contributed by atoms with Crippen molar-refractivity contribution in [3.63, 3.8) is 0 Å². The van der Waals surface area contributed by atoms with E-state index in [0.717, 1.165) is 42.6 Å². The Morgan fingerprint density at radius 2 is 1.69 bits per heavy atom. The van der Waals surface area contributed by atoms with E-state index in [-0.39, 0.29) is 24.3 Å². The Labute approximate surface area is 214 Å². The minimum atomic E-state index is -0.708. The Kier molecular flexibility index (Phi) is 10.3. The molecule has 1 fully saturated rings. The lowest BCUT2D eigenvalue weighted by Gasteiger charge is -2.34. The third-order valence-electron chi connectivity index (χ3n) is 6.84. The van der Waals surface area contributed by atoms with Gasteiger partial charge in [-0.3, -0.25) is 14.4 Å². The van der Waals surface area contributed by atoms with Gasteiger partial charge in [-0.15, -0.1) is 0 Å². The van der Waals surface area contributed by atoms with Crippen molar-refractivity contribution >= 4 is 17.7 Å². The van der Waals surface area contributed by atoms with Crippen LogP contribution >= 0.6 is 0 Å². The summed E-state index contributed by atoms with van der Waals surface area (Å²) in [7, 11) is 1.83. The highest BCUT2D eigenvalue weighted by atomic mass is 16.5. The maximum atomic E-state index is 13.5. The van der Waals surface area contributed by atoms with E-state index >= 15 is 0 Å². The number of amides is 3. The first kappa shape index (κ1) is 27.2. The zero-order valence-corrected chi connectivity index (χ0v) is 21.3. The topological polar surface area (TPSA) is 102 Å². The summed E-state index contributed by atoms with van der Waals surface area (Å²) < 4.78 is 5.87. The van der Waals surface area contributed by atoms with Crippen LogP contribution in [0, 0.1) is 12.3 Å². The molecule has 0 heterocycles. The number of rotatable bonds is 12. The molecule has 1 aliphatic rings. The number of carbonyl (C=O) groups is 3. The zero-order valence-electron chi connectivity index (χ0n) is 21.3. The number of hydrogen-bond donors (Lipinski definition) is 2. The SMILES string of the molecule is CC(C[CH]C(=O)NC(Cc1ccc(OCc2ccccc2)cc1)C(=O)N(C)C1CCCCC1)C(N)=O. The minimum absolute atomic E-state index is 0.101. The summed E-state index contributed by atoms with van der Waals surface area (Å²) in [4.78, 5) is 39.2. The maximum Gasteiger partial charge on any atom is 0.245 e. The van der Waals surface area contributed by atoms with E-state index in [9.17, 15) is 14.4 Å². The summed E-state index contributed by atoms with van der Waals surface area (Å²) >= 11 is 0. The van der Waals surface area contributed by atoms with E-state index in [0.29, 0.717) is 13.0 Å². The van der Waals surface area contributed by atoms with Crippen LogP contribution in [0.2, 0.25) is 0 Å². The number of hydrogen-bond acceptors (Lipinski definition) is 4. The van der Waals surface area contributed by atoms with Gasteiger partial charge >= 0.3 is 0 Å². The monoisotopic (exact) mass is 492 g/mol. The fourth-order valence-electron chi connectivity index (χ4n) is 4.42. The molecule has 7 nitrogen and oxygen atoms in total. The second-order valence-electron chi connectivity index (χ2n) is 9.67. The number of benzene rings is 2. The Bertz CT molecular complexity index is 987. The molecule has 3 amide bonds. The van der Waals surface area contributed by atoms with Crippen LogP contribution in [0.1, 0.15) is 56.6 Å². The lowest BCUT2D eigenvalue weighted by Crippen LogP contribution is -2.51. The molecule has 2 aromatic carbocycles. The van der Waals surface area contributed by atoms with Crippen molar-refractivity contribution in [1.82, 2.24) is 10.2 Å². The molecule has 1 radical (unpaired) electrons. The second kappa shape index (κ2) is 13.7. The van der Waals surface area contributed by atoms with Crippen LogP contribution in [0.25, 0.3) is 0 Å². The van der Waals surface area contributed by atoms with Gasteiger partial charge in [-0.2, -0.15) is 0 Å². The molecule has 2 unspecified atom stereocenters. The first-order chi connectivity index (χ1) is 17.3. The summed E-state index contributed by atoms with van der Waals surface area (Å²) in [6.07, 6.45) is 7.39. The third-order valence-corrected chi connectivity index (χ3v) is 6.84. The standard InChI is InChI=1S/C29H38N3O4/c1-21(28(30)34)13-18-27(33)31-26(29(35)32(2)24-11-7-4-8-12-24)19-22-14-16-25(17-15-22)36-20-23-9-5-3-6-10-23/h3,5-6,9-10,14-18,21,24,26H,4,7-8,11-13,19-20H2,1-2H3,(H2,30,34)(H,31,33). The predicted molar refractivity (Wildman–Crippen MR) is 140 cm³/mol. The number of primary amides is 1. The Balaban J connectivity index is 1.64. The normalized spacial score (nSPS) is 15.5. The molecule has 0 spiro atoms. The molecule has 7 heteroatoms. The fraction of sp³-hybridized carbons (Fsp3) is 0.448. The average molecular weight is 493 g/mol. The third kappa shape index (κ3) is 8.40. The van der Waals surface area contributed by atoms with E-state index in [1.54, 1.807) is 11.8 Å². The van der Waals surface area contributed by atoms with Gasteiger partial charge in [0.2, 0.25) is 17.7 Å². The van der Waals surface area contributed by atoms with Crippen molar-refractivity contribution in [3.8, 4) is 5.75 Å². The number of likely N-dealkylation sites (N-methyl/N-ethyl adjacent to an activating group) is 1. The molecule has 3 rings (SSSR count). The van der Waals surface area contributed by atoms with Crippen molar-refractivity contribution in [3.05, 3.63) is 72.1 Å². The largest absolute Gasteiger partial charge is 0.489 e. The van der Waals surface area contributed by atoms with E-state index < -0.39 is 17.9 Å².